The zero-order valence-electron chi connectivity index (χ0n) is 19.7. The second-order valence-corrected chi connectivity index (χ2v) is 8.89. The van der Waals surface area contributed by atoms with Crippen LogP contribution < -0.4 is 14.8 Å². The lowest BCUT2D eigenvalue weighted by atomic mass is 10.0. The molecule has 10 heteroatoms. The zero-order chi connectivity index (χ0) is 25.1. The Kier molecular flexibility index (Phi) is 7.64. The van der Waals surface area contributed by atoms with Crippen LogP contribution in [-0.2, 0) is 9.53 Å². The summed E-state index contributed by atoms with van der Waals surface area (Å²) in [6.07, 6.45) is 3.79. The van der Waals surface area contributed by atoms with Crippen LogP contribution in [-0.4, -0.2) is 67.3 Å². The molecule has 0 spiro atoms. The number of hydrogen-bond donors (Lipinski definition) is 1. The van der Waals surface area contributed by atoms with Crippen molar-refractivity contribution >= 4 is 46.0 Å². The molecule has 2 aromatic carbocycles. The minimum Gasteiger partial charge on any atom is -0.495 e. The summed E-state index contributed by atoms with van der Waals surface area (Å²) in [7, 11) is 4.70. The fraction of sp³-hybridized carbons (Fsp3) is 0.320. The van der Waals surface area contributed by atoms with Gasteiger partial charge in [-0.1, -0.05) is 35.8 Å². The van der Waals surface area contributed by atoms with Crippen molar-refractivity contribution in [1.29, 1.82) is 0 Å². The Bertz CT molecular complexity index is 1240. The smallest absolute Gasteiger partial charge is 0.246 e. The molecule has 0 bridgehead atoms. The maximum atomic E-state index is 12.2. The third-order valence-corrected chi connectivity index (χ3v) is 6.76. The normalized spacial score (nSPS) is 17.5. The molecule has 8 nitrogen and oxygen atoms in total. The average molecular weight is 517 g/mol. The Hall–Kier alpha value is -3.07. The Balaban J connectivity index is 1.60. The van der Waals surface area contributed by atoms with Crippen molar-refractivity contribution in [3.8, 4) is 22.6 Å². The van der Waals surface area contributed by atoms with Crippen LogP contribution >= 0.6 is 23.2 Å². The van der Waals surface area contributed by atoms with Crippen molar-refractivity contribution < 1.29 is 19.0 Å². The first-order valence-corrected chi connectivity index (χ1v) is 11.7. The van der Waals surface area contributed by atoms with E-state index in [9.17, 15) is 4.79 Å². The molecule has 0 aliphatic carbocycles. The van der Waals surface area contributed by atoms with Gasteiger partial charge < -0.3 is 24.4 Å². The lowest BCUT2D eigenvalue weighted by molar-refractivity contribution is -0.127. The van der Waals surface area contributed by atoms with Gasteiger partial charge in [0.05, 0.1) is 42.4 Å². The van der Waals surface area contributed by atoms with Crippen molar-refractivity contribution in [3.63, 3.8) is 0 Å². The van der Waals surface area contributed by atoms with Crippen LogP contribution in [0.2, 0.25) is 10.0 Å². The van der Waals surface area contributed by atoms with Gasteiger partial charge in [-0.05, 0) is 30.2 Å². The first-order valence-electron chi connectivity index (χ1n) is 11.0. The highest BCUT2D eigenvalue weighted by atomic mass is 35.5. The quantitative estimate of drug-likeness (QED) is 0.429. The van der Waals surface area contributed by atoms with Gasteiger partial charge in [0.25, 0.3) is 0 Å². The van der Waals surface area contributed by atoms with Gasteiger partial charge in [0.2, 0.25) is 11.9 Å². The second-order valence-electron chi connectivity index (χ2n) is 8.13. The topological polar surface area (TPSA) is 85.8 Å². The number of methoxy groups -OCH3 is 3. The van der Waals surface area contributed by atoms with E-state index >= 15 is 0 Å². The molecular formula is C25H26Cl2N4O4. The summed E-state index contributed by atoms with van der Waals surface area (Å²) < 4.78 is 16.0. The number of carbonyl (C=O) groups excluding carboxylic acids is 1. The van der Waals surface area contributed by atoms with Crippen molar-refractivity contribution in [3.05, 3.63) is 53.2 Å². The molecule has 4 rings (SSSR count). The van der Waals surface area contributed by atoms with Gasteiger partial charge in [-0.25, -0.2) is 9.97 Å². The molecule has 35 heavy (non-hydrogen) atoms. The van der Waals surface area contributed by atoms with Crippen molar-refractivity contribution in [2.75, 3.05) is 39.8 Å². The highest BCUT2D eigenvalue weighted by Crippen LogP contribution is 2.46. The Labute approximate surface area is 213 Å². The van der Waals surface area contributed by atoms with Gasteiger partial charge in [0.1, 0.15) is 11.5 Å². The molecule has 1 saturated heterocycles. The van der Waals surface area contributed by atoms with E-state index in [0.717, 1.165) is 22.9 Å². The zero-order valence-corrected chi connectivity index (χ0v) is 21.2. The minimum atomic E-state index is -0.116. The SMILES string of the molecule is C=CC(=O)N1CC(Nc2ncc3cc(-c4c(Cl)c(OC)cc(OC)c4Cl)ccc3n2)CC1COC. The monoisotopic (exact) mass is 516 g/mol. The predicted octanol–water partition coefficient (Wildman–Crippen LogP) is 4.83. The third-order valence-electron chi connectivity index (χ3n) is 6.01. The number of fused-ring (bicyclic) bond motifs is 1. The highest BCUT2D eigenvalue weighted by Gasteiger charge is 2.34. The molecule has 1 fully saturated rings. The van der Waals surface area contributed by atoms with Crippen LogP contribution in [0.4, 0.5) is 5.95 Å². The molecule has 1 amide bonds. The first kappa shape index (κ1) is 25.0. The van der Waals surface area contributed by atoms with Gasteiger partial charge in [0, 0.05) is 42.9 Å². The number of aromatic nitrogens is 2. The molecular weight excluding hydrogens is 491 g/mol. The Morgan fingerprint density at radius 2 is 1.91 bits per heavy atom. The number of rotatable bonds is 8. The van der Waals surface area contributed by atoms with Gasteiger partial charge in [-0.3, -0.25) is 4.79 Å². The second kappa shape index (κ2) is 10.7. The van der Waals surface area contributed by atoms with E-state index in [1.54, 1.807) is 24.3 Å². The number of anilines is 1. The first-order chi connectivity index (χ1) is 16.9. The number of carbonyl (C=O) groups is 1. The van der Waals surface area contributed by atoms with E-state index in [2.05, 4.69) is 21.9 Å². The van der Waals surface area contributed by atoms with Crippen LogP contribution in [0.25, 0.3) is 22.0 Å². The number of ether oxygens (including phenoxy) is 3. The summed E-state index contributed by atoms with van der Waals surface area (Å²) in [5.74, 6) is 1.30. The molecule has 2 heterocycles. The summed E-state index contributed by atoms with van der Waals surface area (Å²) in [5, 5.41) is 4.94. The van der Waals surface area contributed by atoms with Crippen LogP contribution in [0, 0.1) is 0 Å². The van der Waals surface area contributed by atoms with Crippen LogP contribution in [0.1, 0.15) is 6.42 Å². The van der Waals surface area contributed by atoms with E-state index in [0.29, 0.717) is 46.2 Å². The molecule has 1 N–H and O–H groups in total. The molecule has 2 unspecified atom stereocenters. The predicted molar refractivity (Wildman–Crippen MR) is 138 cm³/mol. The number of nitrogens with one attached hydrogen (secondary N) is 1. The summed E-state index contributed by atoms with van der Waals surface area (Å²) in [6, 6.07) is 7.31. The molecule has 1 aromatic heterocycles. The van der Waals surface area contributed by atoms with Gasteiger partial charge >= 0.3 is 0 Å². The largest absolute Gasteiger partial charge is 0.495 e. The number of halogens is 2. The summed E-state index contributed by atoms with van der Waals surface area (Å²) >= 11 is 13.2. The van der Waals surface area contributed by atoms with E-state index in [-0.39, 0.29) is 18.0 Å². The van der Waals surface area contributed by atoms with Crippen molar-refractivity contribution in [2.45, 2.75) is 18.5 Å². The van der Waals surface area contributed by atoms with E-state index in [4.69, 9.17) is 37.4 Å². The lowest BCUT2D eigenvalue weighted by Gasteiger charge is -2.22. The summed E-state index contributed by atoms with van der Waals surface area (Å²) in [5.41, 5.74) is 2.14. The van der Waals surface area contributed by atoms with E-state index < -0.39 is 0 Å². The number of nitrogens with zero attached hydrogens (tertiary/aromatic N) is 3. The van der Waals surface area contributed by atoms with E-state index in [1.807, 2.05) is 18.2 Å². The van der Waals surface area contributed by atoms with Crippen LogP contribution in [0.3, 0.4) is 0 Å². The lowest BCUT2D eigenvalue weighted by Crippen LogP contribution is -2.37. The molecule has 1 aliphatic heterocycles. The Morgan fingerprint density at radius 1 is 1.20 bits per heavy atom. The fourth-order valence-corrected chi connectivity index (χ4v) is 5.06. The number of amides is 1. The number of hydrogen-bond acceptors (Lipinski definition) is 7. The summed E-state index contributed by atoms with van der Waals surface area (Å²) in [6.45, 7) is 4.57. The van der Waals surface area contributed by atoms with Gasteiger partial charge in [-0.2, -0.15) is 0 Å². The maximum absolute atomic E-state index is 12.2. The summed E-state index contributed by atoms with van der Waals surface area (Å²) in [4.78, 5) is 23.1. The third kappa shape index (κ3) is 5.00. The van der Waals surface area contributed by atoms with Crippen LogP contribution in [0.5, 0.6) is 11.5 Å². The van der Waals surface area contributed by atoms with Gasteiger partial charge in [-0.15, -0.1) is 0 Å². The van der Waals surface area contributed by atoms with Crippen molar-refractivity contribution in [2.24, 2.45) is 0 Å². The highest BCUT2D eigenvalue weighted by molar-refractivity contribution is 6.41. The molecule has 184 valence electrons. The van der Waals surface area contributed by atoms with Gasteiger partial charge in [0.15, 0.2) is 0 Å². The number of benzene rings is 2. The molecule has 1 aliphatic rings. The average Bonchev–Trinajstić information content (AvgIpc) is 3.26. The standard InChI is InChI=1S/C25H26Cl2N4O4/c1-5-21(32)31-12-16(9-17(31)13-33-2)29-25-28-11-15-8-14(6-7-18(15)30-25)22-23(26)19(34-3)10-20(35-4)24(22)27/h5-8,10-11,16-17H,1,9,12-13H2,2-4H3,(H,28,29,30). The maximum Gasteiger partial charge on any atom is 0.246 e. The molecule has 0 radical (unpaired) electrons. The molecule has 3 aromatic rings. The number of likely N-dealkylation sites (tertiary alicyclic amines) is 1. The molecule has 2 atom stereocenters. The Morgan fingerprint density at radius 3 is 2.54 bits per heavy atom. The van der Waals surface area contributed by atoms with Crippen LogP contribution in [0.15, 0.2) is 43.1 Å². The van der Waals surface area contributed by atoms with E-state index in [1.165, 1.54) is 20.3 Å². The fourth-order valence-electron chi connectivity index (χ4n) is 4.34. The minimum absolute atomic E-state index is 0.00219. The van der Waals surface area contributed by atoms with Crippen molar-refractivity contribution in [1.82, 2.24) is 14.9 Å². The molecule has 0 saturated carbocycles.